The van der Waals surface area contributed by atoms with Gasteiger partial charge in [0.25, 0.3) is 0 Å². The van der Waals surface area contributed by atoms with Crippen molar-refractivity contribution in [2.24, 2.45) is 0 Å². The Bertz CT molecular complexity index is 867. The number of halogens is 4. The highest BCUT2D eigenvalue weighted by Gasteiger charge is 2.39. The number of fused-ring (bicyclic) bond motifs is 1. The Morgan fingerprint density at radius 3 is 2.57 bits per heavy atom. The minimum absolute atomic E-state index is 0.0756. The van der Waals surface area contributed by atoms with E-state index >= 15 is 0 Å². The van der Waals surface area contributed by atoms with Gasteiger partial charge >= 0.3 is 6.18 Å². The third kappa shape index (κ3) is 2.61. The molecule has 0 atom stereocenters. The van der Waals surface area contributed by atoms with Crippen molar-refractivity contribution in [2.75, 3.05) is 7.05 Å². The van der Waals surface area contributed by atoms with Gasteiger partial charge < -0.3 is 4.98 Å². The fraction of sp³-hybridized carbons (Fsp3) is 0.200. The summed E-state index contributed by atoms with van der Waals surface area (Å²) in [6.45, 7) is 0. The van der Waals surface area contributed by atoms with Gasteiger partial charge in [0, 0.05) is 0 Å². The minimum Gasteiger partial charge on any atom is -0.329 e. The van der Waals surface area contributed by atoms with Crippen molar-refractivity contribution in [3.8, 4) is 6.07 Å². The molecule has 112 valence electrons. The van der Waals surface area contributed by atoms with E-state index in [0.29, 0.717) is 6.07 Å². The summed E-state index contributed by atoms with van der Waals surface area (Å²) in [4.78, 5) is 5.15. The highest BCUT2D eigenvalue weighted by molar-refractivity contribution is 9.10. The maximum absolute atomic E-state index is 13.1. The first-order valence-electron chi connectivity index (χ1n) is 5.25. The molecule has 0 bridgehead atoms. The van der Waals surface area contributed by atoms with Gasteiger partial charge in [0.1, 0.15) is 16.5 Å². The molecule has 2 N–H and O–H groups in total. The maximum atomic E-state index is 13.1. The summed E-state index contributed by atoms with van der Waals surface area (Å²) >= 11 is 2.83. The van der Waals surface area contributed by atoms with Crippen molar-refractivity contribution >= 4 is 37.0 Å². The summed E-state index contributed by atoms with van der Waals surface area (Å²) < 4.78 is 64.5. The third-order valence-electron chi connectivity index (χ3n) is 2.62. The molecule has 0 aliphatic carbocycles. The number of rotatable bonds is 2. The molecule has 0 radical (unpaired) electrons. The van der Waals surface area contributed by atoms with Crippen LogP contribution < -0.4 is 4.72 Å². The SMILES string of the molecule is CNS(=O)(=O)c1c(C(F)(F)F)cc2[nH]c(C#N)nc2c1Br. The quantitative estimate of drug-likeness (QED) is 0.830. The Hall–Kier alpha value is -1.64. The van der Waals surface area contributed by atoms with Gasteiger partial charge in [-0.25, -0.2) is 18.1 Å². The second kappa shape index (κ2) is 4.97. The lowest BCUT2D eigenvalue weighted by Gasteiger charge is -2.14. The van der Waals surface area contributed by atoms with Gasteiger partial charge in [-0.1, -0.05) is 0 Å². The average molecular weight is 383 g/mol. The zero-order valence-corrected chi connectivity index (χ0v) is 12.6. The van der Waals surface area contributed by atoms with E-state index in [1.54, 1.807) is 6.07 Å². The predicted octanol–water partition coefficient (Wildman–Crippen LogP) is 2.12. The average Bonchev–Trinajstić information content (AvgIpc) is 2.80. The Kier molecular flexibility index (Phi) is 3.73. The molecule has 0 saturated heterocycles. The van der Waals surface area contributed by atoms with Gasteiger partial charge in [-0.3, -0.25) is 0 Å². The predicted molar refractivity (Wildman–Crippen MR) is 69.8 cm³/mol. The third-order valence-corrected chi connectivity index (χ3v) is 5.15. The molecule has 2 aromatic rings. The van der Waals surface area contributed by atoms with E-state index in [2.05, 4.69) is 25.9 Å². The van der Waals surface area contributed by atoms with Crippen LogP contribution in [0.5, 0.6) is 0 Å². The van der Waals surface area contributed by atoms with Crippen molar-refractivity contribution in [1.82, 2.24) is 14.7 Å². The van der Waals surface area contributed by atoms with E-state index in [0.717, 1.165) is 7.05 Å². The monoisotopic (exact) mass is 382 g/mol. The number of hydrogen-bond acceptors (Lipinski definition) is 4. The van der Waals surface area contributed by atoms with Crippen LogP contribution in [0.3, 0.4) is 0 Å². The molecule has 2 rings (SSSR count). The van der Waals surface area contributed by atoms with Crippen LogP contribution in [0, 0.1) is 11.3 Å². The molecule has 0 fully saturated rings. The number of nitriles is 1. The summed E-state index contributed by atoms with van der Waals surface area (Å²) in [6, 6.07) is 2.25. The van der Waals surface area contributed by atoms with Crippen LogP contribution in [-0.2, 0) is 16.2 Å². The summed E-state index contributed by atoms with van der Waals surface area (Å²) in [5, 5.41) is 8.72. The van der Waals surface area contributed by atoms with E-state index < -0.39 is 26.7 Å². The lowest BCUT2D eigenvalue weighted by molar-refractivity contribution is -0.139. The van der Waals surface area contributed by atoms with Crippen molar-refractivity contribution in [2.45, 2.75) is 11.1 Å². The molecule has 1 heterocycles. The first-order chi connectivity index (χ1) is 9.61. The Morgan fingerprint density at radius 2 is 2.10 bits per heavy atom. The second-order valence-electron chi connectivity index (χ2n) is 3.87. The number of imidazole rings is 1. The standard InChI is InChI=1S/C10H6BrF3N4O2S/c1-16-21(19,20)9-4(10(12,13)14)2-5-8(7(9)11)18-6(3-15)17-5/h2,16H,1H3,(H,17,18). The van der Waals surface area contributed by atoms with E-state index in [9.17, 15) is 21.6 Å². The lowest BCUT2D eigenvalue weighted by Crippen LogP contribution is -2.23. The Labute approximate surface area is 125 Å². The minimum atomic E-state index is -4.89. The summed E-state index contributed by atoms with van der Waals surface area (Å²) in [5.41, 5.74) is -1.53. The highest BCUT2D eigenvalue weighted by Crippen LogP contribution is 2.41. The molecule has 21 heavy (non-hydrogen) atoms. The van der Waals surface area contributed by atoms with Crippen LogP contribution in [0.4, 0.5) is 13.2 Å². The van der Waals surface area contributed by atoms with E-state index in [-0.39, 0.29) is 21.3 Å². The van der Waals surface area contributed by atoms with Crippen LogP contribution in [0.1, 0.15) is 11.4 Å². The smallest absolute Gasteiger partial charge is 0.329 e. The molecule has 11 heteroatoms. The Morgan fingerprint density at radius 1 is 1.48 bits per heavy atom. The number of nitrogens with zero attached hydrogens (tertiary/aromatic N) is 2. The van der Waals surface area contributed by atoms with Gasteiger partial charge in [-0.15, -0.1) is 0 Å². The number of aromatic amines is 1. The molecule has 0 aliphatic rings. The summed E-state index contributed by atoms with van der Waals surface area (Å²) in [5.74, 6) is -0.224. The molecule has 1 aromatic heterocycles. The highest BCUT2D eigenvalue weighted by atomic mass is 79.9. The number of aromatic nitrogens is 2. The van der Waals surface area contributed by atoms with Crippen molar-refractivity contribution in [3.63, 3.8) is 0 Å². The zero-order valence-electron chi connectivity index (χ0n) is 10.2. The number of hydrogen-bond donors (Lipinski definition) is 2. The van der Waals surface area contributed by atoms with Gasteiger partial charge in [-0.2, -0.15) is 18.4 Å². The Balaban J connectivity index is 3.00. The van der Waals surface area contributed by atoms with Crippen LogP contribution in [0.25, 0.3) is 11.0 Å². The normalized spacial score (nSPS) is 12.6. The lowest BCUT2D eigenvalue weighted by atomic mass is 10.2. The molecular formula is C10H6BrF3N4O2S. The topological polar surface area (TPSA) is 98.6 Å². The van der Waals surface area contributed by atoms with Gasteiger partial charge in [0.15, 0.2) is 0 Å². The number of H-pyrrole nitrogens is 1. The largest absolute Gasteiger partial charge is 0.417 e. The molecule has 1 aromatic carbocycles. The van der Waals surface area contributed by atoms with E-state index in [4.69, 9.17) is 5.26 Å². The van der Waals surface area contributed by atoms with Crippen molar-refractivity contribution < 1.29 is 21.6 Å². The van der Waals surface area contributed by atoms with Gasteiger partial charge in [0.2, 0.25) is 15.8 Å². The zero-order chi connectivity index (χ0) is 16.0. The van der Waals surface area contributed by atoms with Gasteiger partial charge in [0.05, 0.1) is 15.6 Å². The van der Waals surface area contributed by atoms with Crippen LogP contribution in [0.2, 0.25) is 0 Å². The van der Waals surface area contributed by atoms with Crippen molar-refractivity contribution in [3.05, 3.63) is 21.9 Å². The van der Waals surface area contributed by atoms with Gasteiger partial charge in [-0.05, 0) is 29.0 Å². The molecule has 0 spiro atoms. The molecule has 0 amide bonds. The maximum Gasteiger partial charge on any atom is 0.417 e. The fourth-order valence-corrected chi connectivity index (χ4v) is 3.88. The summed E-state index contributed by atoms with van der Waals surface area (Å²) in [6.07, 6.45) is -4.89. The fourth-order valence-electron chi connectivity index (χ4n) is 1.72. The number of alkyl halides is 3. The second-order valence-corrected chi connectivity index (χ2v) is 6.48. The number of benzene rings is 1. The molecular weight excluding hydrogens is 377 g/mol. The van der Waals surface area contributed by atoms with Crippen LogP contribution in [0.15, 0.2) is 15.4 Å². The number of sulfonamides is 1. The first kappa shape index (κ1) is 15.7. The van der Waals surface area contributed by atoms with E-state index in [1.165, 1.54) is 0 Å². The van der Waals surface area contributed by atoms with Crippen LogP contribution in [-0.4, -0.2) is 25.4 Å². The molecule has 0 unspecified atom stereocenters. The van der Waals surface area contributed by atoms with Crippen LogP contribution >= 0.6 is 15.9 Å². The van der Waals surface area contributed by atoms with E-state index in [1.807, 2.05) is 4.72 Å². The van der Waals surface area contributed by atoms with Crippen molar-refractivity contribution in [1.29, 1.82) is 5.26 Å². The molecule has 0 saturated carbocycles. The first-order valence-corrected chi connectivity index (χ1v) is 7.52. The summed E-state index contributed by atoms with van der Waals surface area (Å²) in [7, 11) is -3.39. The molecule has 0 aliphatic heterocycles. The number of nitrogens with one attached hydrogen (secondary N) is 2. The molecule has 6 nitrogen and oxygen atoms in total.